The summed E-state index contributed by atoms with van der Waals surface area (Å²) in [6, 6.07) is 0. The van der Waals surface area contributed by atoms with Gasteiger partial charge in [-0.1, -0.05) is 6.92 Å². The van der Waals surface area contributed by atoms with E-state index in [1.54, 1.807) is 8.61 Å². The van der Waals surface area contributed by atoms with Gasteiger partial charge in [-0.15, -0.1) is 0 Å². The average Bonchev–Trinajstić information content (AvgIpc) is 2.91. The van der Waals surface area contributed by atoms with Gasteiger partial charge in [0.05, 0.1) is 0 Å². The van der Waals surface area contributed by atoms with Crippen LogP contribution >= 0.6 is 0 Å². The molecule has 2 aliphatic rings. The quantitative estimate of drug-likeness (QED) is 0.801. The number of nitrogens with one attached hydrogen (secondary N) is 1. The highest BCUT2D eigenvalue weighted by Crippen LogP contribution is 2.19. The predicted octanol–water partition coefficient (Wildman–Crippen LogP) is 0.649. The molecule has 0 aliphatic carbocycles. The van der Waals surface area contributed by atoms with Crippen LogP contribution in [0, 0.1) is 5.92 Å². The Morgan fingerprint density at radius 1 is 1.28 bits per heavy atom. The predicted molar refractivity (Wildman–Crippen MR) is 72.6 cm³/mol. The van der Waals surface area contributed by atoms with Gasteiger partial charge < -0.3 is 5.32 Å². The molecule has 18 heavy (non-hydrogen) atoms. The summed E-state index contributed by atoms with van der Waals surface area (Å²) >= 11 is 0. The first-order chi connectivity index (χ1) is 8.64. The van der Waals surface area contributed by atoms with E-state index in [1.165, 1.54) is 0 Å². The van der Waals surface area contributed by atoms with Gasteiger partial charge in [-0.05, 0) is 44.7 Å². The molecule has 0 radical (unpaired) electrons. The van der Waals surface area contributed by atoms with Gasteiger partial charge in [0.1, 0.15) is 0 Å². The third-order valence-electron chi connectivity index (χ3n) is 3.93. The Hall–Kier alpha value is -0.170. The monoisotopic (exact) mass is 275 g/mol. The zero-order valence-corrected chi connectivity index (χ0v) is 12.1. The van der Waals surface area contributed by atoms with E-state index in [0.29, 0.717) is 32.1 Å². The van der Waals surface area contributed by atoms with Crippen LogP contribution in [-0.4, -0.2) is 56.3 Å². The summed E-state index contributed by atoms with van der Waals surface area (Å²) in [4.78, 5) is 0. The van der Waals surface area contributed by atoms with Gasteiger partial charge in [-0.2, -0.15) is 17.0 Å². The Morgan fingerprint density at radius 2 is 2.00 bits per heavy atom. The molecule has 0 amide bonds. The van der Waals surface area contributed by atoms with Gasteiger partial charge >= 0.3 is 0 Å². The molecule has 0 aromatic rings. The van der Waals surface area contributed by atoms with Crippen LogP contribution in [0.5, 0.6) is 0 Å². The van der Waals surface area contributed by atoms with Crippen LogP contribution in [0.2, 0.25) is 0 Å². The summed E-state index contributed by atoms with van der Waals surface area (Å²) < 4.78 is 28.2. The lowest BCUT2D eigenvalue weighted by atomic mass is 10.00. The van der Waals surface area contributed by atoms with Crippen molar-refractivity contribution < 1.29 is 8.42 Å². The molecule has 1 atom stereocenters. The highest BCUT2D eigenvalue weighted by atomic mass is 32.2. The van der Waals surface area contributed by atoms with Crippen LogP contribution in [0.3, 0.4) is 0 Å². The number of nitrogens with zero attached hydrogens (tertiary/aromatic N) is 2. The lowest BCUT2D eigenvalue weighted by Gasteiger charge is -2.31. The highest BCUT2D eigenvalue weighted by Gasteiger charge is 2.32. The van der Waals surface area contributed by atoms with E-state index in [9.17, 15) is 8.42 Å². The van der Waals surface area contributed by atoms with Gasteiger partial charge in [-0.25, -0.2) is 0 Å². The summed E-state index contributed by atoms with van der Waals surface area (Å²) in [5.74, 6) is 0.469. The molecular formula is C12H25N3O2S. The number of rotatable bonds is 5. The van der Waals surface area contributed by atoms with Gasteiger partial charge in [0.15, 0.2) is 0 Å². The van der Waals surface area contributed by atoms with E-state index in [1.807, 2.05) is 6.92 Å². The topological polar surface area (TPSA) is 52.7 Å². The van der Waals surface area contributed by atoms with E-state index in [-0.39, 0.29) is 0 Å². The fourth-order valence-corrected chi connectivity index (χ4v) is 4.61. The fourth-order valence-electron chi connectivity index (χ4n) is 2.84. The van der Waals surface area contributed by atoms with Crippen molar-refractivity contribution in [2.24, 2.45) is 5.92 Å². The molecule has 1 unspecified atom stereocenters. The van der Waals surface area contributed by atoms with Crippen LogP contribution in [0.25, 0.3) is 0 Å². The third kappa shape index (κ3) is 3.23. The molecule has 2 heterocycles. The number of hydrogen-bond acceptors (Lipinski definition) is 3. The molecule has 0 spiro atoms. The van der Waals surface area contributed by atoms with Crippen molar-refractivity contribution in [2.75, 3.05) is 39.3 Å². The van der Waals surface area contributed by atoms with Gasteiger partial charge in [-0.3, -0.25) is 0 Å². The SMILES string of the molecule is CCN(CC1CCCNC1)S(=O)(=O)N1CCCC1. The van der Waals surface area contributed by atoms with E-state index >= 15 is 0 Å². The largest absolute Gasteiger partial charge is 0.316 e. The zero-order chi connectivity index (χ0) is 13.0. The van der Waals surface area contributed by atoms with Crippen molar-refractivity contribution in [1.29, 1.82) is 0 Å². The first kappa shape index (κ1) is 14.2. The molecule has 2 aliphatic heterocycles. The Morgan fingerprint density at radius 3 is 2.56 bits per heavy atom. The molecule has 106 valence electrons. The highest BCUT2D eigenvalue weighted by molar-refractivity contribution is 7.86. The van der Waals surface area contributed by atoms with Crippen molar-refractivity contribution in [3.8, 4) is 0 Å². The molecule has 0 saturated carbocycles. The molecule has 1 N–H and O–H groups in total. The Kier molecular flexibility index (Phi) is 5.00. The Balaban J connectivity index is 1.97. The van der Waals surface area contributed by atoms with Crippen LogP contribution in [0.15, 0.2) is 0 Å². The first-order valence-corrected chi connectivity index (χ1v) is 8.50. The Labute approximate surface area is 111 Å². The summed E-state index contributed by atoms with van der Waals surface area (Å²) in [7, 11) is -3.21. The zero-order valence-electron chi connectivity index (χ0n) is 11.3. The maximum atomic E-state index is 12.5. The summed E-state index contributed by atoms with van der Waals surface area (Å²) in [6.07, 6.45) is 4.30. The standard InChI is InChI=1S/C12H25N3O2S/c1-2-14(11-12-6-5-7-13-10-12)18(16,17)15-8-3-4-9-15/h12-13H,2-11H2,1H3. The van der Waals surface area contributed by atoms with Crippen molar-refractivity contribution in [1.82, 2.24) is 13.9 Å². The van der Waals surface area contributed by atoms with Crippen LogP contribution in [0.4, 0.5) is 0 Å². The van der Waals surface area contributed by atoms with Crippen LogP contribution in [-0.2, 0) is 10.2 Å². The molecule has 5 nitrogen and oxygen atoms in total. The maximum Gasteiger partial charge on any atom is 0.281 e. The van der Waals surface area contributed by atoms with Crippen LogP contribution in [0.1, 0.15) is 32.6 Å². The fraction of sp³-hybridized carbons (Fsp3) is 1.00. The third-order valence-corrected chi connectivity index (χ3v) is 6.01. The van der Waals surface area contributed by atoms with Crippen molar-refractivity contribution in [3.05, 3.63) is 0 Å². The molecule has 2 fully saturated rings. The minimum absolute atomic E-state index is 0.469. The van der Waals surface area contributed by atoms with Crippen molar-refractivity contribution >= 4 is 10.2 Å². The van der Waals surface area contributed by atoms with E-state index in [0.717, 1.165) is 38.8 Å². The van der Waals surface area contributed by atoms with Gasteiger partial charge in [0.2, 0.25) is 0 Å². The lowest BCUT2D eigenvalue weighted by molar-refractivity contribution is 0.283. The van der Waals surface area contributed by atoms with Crippen LogP contribution < -0.4 is 5.32 Å². The average molecular weight is 275 g/mol. The second-order valence-corrected chi connectivity index (χ2v) is 7.21. The lowest BCUT2D eigenvalue weighted by Crippen LogP contribution is -2.46. The minimum Gasteiger partial charge on any atom is -0.316 e. The van der Waals surface area contributed by atoms with Gasteiger partial charge in [0, 0.05) is 26.2 Å². The van der Waals surface area contributed by atoms with E-state index in [4.69, 9.17) is 0 Å². The van der Waals surface area contributed by atoms with E-state index < -0.39 is 10.2 Å². The Bertz CT molecular complexity index is 346. The molecule has 0 bridgehead atoms. The first-order valence-electron chi connectivity index (χ1n) is 7.10. The smallest absolute Gasteiger partial charge is 0.281 e. The number of hydrogen-bond donors (Lipinski definition) is 1. The summed E-state index contributed by atoms with van der Waals surface area (Å²) in [6.45, 7) is 6.60. The molecular weight excluding hydrogens is 250 g/mol. The number of piperidine rings is 1. The molecule has 0 aromatic heterocycles. The van der Waals surface area contributed by atoms with Crippen molar-refractivity contribution in [3.63, 3.8) is 0 Å². The van der Waals surface area contributed by atoms with Crippen molar-refractivity contribution in [2.45, 2.75) is 32.6 Å². The maximum absolute atomic E-state index is 12.5. The molecule has 2 rings (SSSR count). The van der Waals surface area contributed by atoms with E-state index in [2.05, 4.69) is 5.32 Å². The second-order valence-electron chi connectivity index (χ2n) is 5.28. The van der Waals surface area contributed by atoms with Gasteiger partial charge in [0.25, 0.3) is 10.2 Å². The molecule has 2 saturated heterocycles. The minimum atomic E-state index is -3.21. The normalized spacial score (nSPS) is 26.9. The molecule has 0 aromatic carbocycles. The summed E-state index contributed by atoms with van der Waals surface area (Å²) in [5.41, 5.74) is 0. The summed E-state index contributed by atoms with van der Waals surface area (Å²) in [5, 5.41) is 3.35. The second kappa shape index (κ2) is 6.32. The molecule has 6 heteroatoms.